The SMILES string of the molecule is CC(=O)NC(CC(=O)N1CCN(Cc2ccc(Br)s2)CC1)c1ccc(Cl)cc1. The fourth-order valence-electron chi connectivity index (χ4n) is 3.31. The van der Waals surface area contributed by atoms with Gasteiger partial charge in [0.1, 0.15) is 0 Å². The summed E-state index contributed by atoms with van der Waals surface area (Å²) in [7, 11) is 0. The minimum absolute atomic E-state index is 0.0622. The van der Waals surface area contributed by atoms with Gasteiger partial charge in [-0.05, 0) is 45.8 Å². The van der Waals surface area contributed by atoms with Gasteiger partial charge in [-0.25, -0.2) is 0 Å². The van der Waals surface area contributed by atoms with Crippen molar-refractivity contribution in [3.63, 3.8) is 0 Å². The number of thiophene rings is 1. The lowest BCUT2D eigenvalue weighted by Gasteiger charge is -2.35. The first-order valence-electron chi connectivity index (χ1n) is 9.17. The molecule has 5 nitrogen and oxygen atoms in total. The maximum atomic E-state index is 12.8. The predicted molar refractivity (Wildman–Crippen MR) is 117 cm³/mol. The number of hydrogen-bond acceptors (Lipinski definition) is 4. The van der Waals surface area contributed by atoms with Gasteiger partial charge in [-0.1, -0.05) is 23.7 Å². The molecule has 1 unspecified atom stereocenters. The summed E-state index contributed by atoms with van der Waals surface area (Å²) in [6, 6.07) is 11.1. The monoisotopic (exact) mass is 483 g/mol. The van der Waals surface area contributed by atoms with E-state index in [2.05, 4.69) is 38.3 Å². The molecule has 28 heavy (non-hydrogen) atoms. The molecule has 1 aliphatic heterocycles. The zero-order valence-corrected chi connectivity index (χ0v) is 18.8. The van der Waals surface area contributed by atoms with Crippen LogP contribution in [0, 0.1) is 0 Å². The molecule has 0 aliphatic carbocycles. The second-order valence-corrected chi connectivity index (χ2v) is 9.86. The van der Waals surface area contributed by atoms with Crippen LogP contribution in [0.15, 0.2) is 40.2 Å². The number of nitrogens with zero attached hydrogens (tertiary/aromatic N) is 2. The Bertz CT molecular complexity index is 819. The van der Waals surface area contributed by atoms with E-state index < -0.39 is 0 Å². The summed E-state index contributed by atoms with van der Waals surface area (Å²) in [6.45, 7) is 5.50. The molecule has 2 aromatic rings. The maximum absolute atomic E-state index is 12.8. The van der Waals surface area contributed by atoms with Crippen molar-refractivity contribution in [1.29, 1.82) is 0 Å². The molecule has 1 aromatic heterocycles. The zero-order chi connectivity index (χ0) is 20.1. The normalized spacial score (nSPS) is 16.0. The molecule has 150 valence electrons. The summed E-state index contributed by atoms with van der Waals surface area (Å²) in [5, 5.41) is 3.52. The number of amides is 2. The minimum atomic E-state index is -0.344. The third kappa shape index (κ3) is 6.04. The third-order valence-electron chi connectivity index (χ3n) is 4.76. The quantitative estimate of drug-likeness (QED) is 0.672. The van der Waals surface area contributed by atoms with Crippen LogP contribution in [-0.2, 0) is 16.1 Å². The molecule has 0 spiro atoms. The number of carbonyl (C=O) groups excluding carboxylic acids is 2. The Morgan fingerprint density at radius 1 is 1.14 bits per heavy atom. The topological polar surface area (TPSA) is 52.7 Å². The molecule has 1 N–H and O–H groups in total. The average molecular weight is 485 g/mol. The third-order valence-corrected chi connectivity index (χ3v) is 6.62. The Morgan fingerprint density at radius 3 is 2.39 bits per heavy atom. The Kier molecular flexibility index (Phi) is 7.51. The molecule has 1 saturated heterocycles. The average Bonchev–Trinajstić information content (AvgIpc) is 3.06. The molecular weight excluding hydrogens is 462 g/mol. The van der Waals surface area contributed by atoms with Crippen LogP contribution in [0.5, 0.6) is 0 Å². The lowest BCUT2D eigenvalue weighted by molar-refractivity contribution is -0.133. The molecule has 1 aliphatic rings. The van der Waals surface area contributed by atoms with Crippen molar-refractivity contribution in [3.05, 3.63) is 55.6 Å². The number of halogens is 2. The van der Waals surface area contributed by atoms with Crippen molar-refractivity contribution in [3.8, 4) is 0 Å². The standard InChI is InChI=1S/C20H23BrClN3O2S/c1-14(26)23-18(15-2-4-16(22)5-3-15)12-20(27)25-10-8-24(9-11-25)13-17-6-7-19(21)28-17/h2-7,18H,8-13H2,1H3,(H,23,26). The van der Waals surface area contributed by atoms with Crippen LogP contribution in [0.1, 0.15) is 29.8 Å². The zero-order valence-electron chi connectivity index (χ0n) is 15.7. The van der Waals surface area contributed by atoms with E-state index in [1.54, 1.807) is 23.5 Å². The Balaban J connectivity index is 1.55. The van der Waals surface area contributed by atoms with E-state index in [0.29, 0.717) is 18.1 Å². The van der Waals surface area contributed by atoms with Crippen LogP contribution in [0.4, 0.5) is 0 Å². The molecular formula is C20H23BrClN3O2S. The molecule has 1 fully saturated rings. The second kappa shape index (κ2) is 9.87. The summed E-state index contributed by atoms with van der Waals surface area (Å²) in [4.78, 5) is 30.0. The number of benzene rings is 1. The van der Waals surface area contributed by atoms with Crippen LogP contribution < -0.4 is 5.32 Å². The van der Waals surface area contributed by atoms with Gasteiger partial charge in [0.05, 0.1) is 16.2 Å². The molecule has 0 bridgehead atoms. The van der Waals surface area contributed by atoms with Crippen molar-refractivity contribution in [2.24, 2.45) is 0 Å². The van der Waals surface area contributed by atoms with Gasteiger partial charge in [0, 0.05) is 49.5 Å². The molecule has 2 heterocycles. The van der Waals surface area contributed by atoms with Gasteiger partial charge >= 0.3 is 0 Å². The van der Waals surface area contributed by atoms with Crippen molar-refractivity contribution in [2.45, 2.75) is 25.9 Å². The molecule has 1 atom stereocenters. The molecule has 0 radical (unpaired) electrons. The smallest absolute Gasteiger partial charge is 0.225 e. The van der Waals surface area contributed by atoms with E-state index >= 15 is 0 Å². The van der Waals surface area contributed by atoms with Crippen molar-refractivity contribution in [1.82, 2.24) is 15.1 Å². The van der Waals surface area contributed by atoms with Crippen LogP contribution >= 0.6 is 38.9 Å². The van der Waals surface area contributed by atoms with E-state index in [9.17, 15) is 9.59 Å². The highest BCUT2D eigenvalue weighted by atomic mass is 79.9. The fourth-order valence-corrected chi connectivity index (χ4v) is 4.96. The summed E-state index contributed by atoms with van der Waals surface area (Å²) in [6.07, 6.45) is 0.249. The number of nitrogens with one attached hydrogen (secondary N) is 1. The number of carbonyl (C=O) groups is 2. The minimum Gasteiger partial charge on any atom is -0.349 e. The first-order chi connectivity index (χ1) is 13.4. The van der Waals surface area contributed by atoms with Gasteiger partial charge in [-0.2, -0.15) is 0 Å². The van der Waals surface area contributed by atoms with Gasteiger partial charge in [0.2, 0.25) is 11.8 Å². The molecule has 0 saturated carbocycles. The number of rotatable bonds is 6. The summed E-state index contributed by atoms with van der Waals surface area (Å²) >= 11 is 11.2. The van der Waals surface area contributed by atoms with Crippen molar-refractivity contribution >= 4 is 50.7 Å². The van der Waals surface area contributed by atoms with E-state index in [1.165, 1.54) is 11.8 Å². The first kappa shape index (κ1) is 21.3. The largest absolute Gasteiger partial charge is 0.349 e. The van der Waals surface area contributed by atoms with Crippen molar-refractivity contribution in [2.75, 3.05) is 26.2 Å². The molecule has 2 amide bonds. The van der Waals surface area contributed by atoms with E-state index in [1.807, 2.05) is 17.0 Å². The van der Waals surface area contributed by atoms with Crippen LogP contribution in [0.25, 0.3) is 0 Å². The maximum Gasteiger partial charge on any atom is 0.225 e. The highest BCUT2D eigenvalue weighted by Crippen LogP contribution is 2.24. The van der Waals surface area contributed by atoms with Gasteiger partial charge in [0.15, 0.2) is 0 Å². The van der Waals surface area contributed by atoms with Crippen molar-refractivity contribution < 1.29 is 9.59 Å². The number of hydrogen-bond donors (Lipinski definition) is 1. The van der Waals surface area contributed by atoms with E-state index in [0.717, 1.165) is 29.0 Å². The first-order valence-corrected chi connectivity index (χ1v) is 11.2. The molecule has 8 heteroatoms. The Hall–Kier alpha value is -1.41. The predicted octanol–water partition coefficient (Wildman–Crippen LogP) is 4.08. The Labute approximate surface area is 182 Å². The summed E-state index contributed by atoms with van der Waals surface area (Å²) in [5.41, 5.74) is 0.884. The van der Waals surface area contributed by atoms with Crippen LogP contribution in [-0.4, -0.2) is 47.8 Å². The lowest BCUT2D eigenvalue weighted by Crippen LogP contribution is -2.49. The summed E-state index contributed by atoms with van der Waals surface area (Å²) < 4.78 is 1.14. The van der Waals surface area contributed by atoms with E-state index in [-0.39, 0.29) is 24.3 Å². The lowest BCUT2D eigenvalue weighted by atomic mass is 10.0. The van der Waals surface area contributed by atoms with E-state index in [4.69, 9.17) is 11.6 Å². The highest BCUT2D eigenvalue weighted by molar-refractivity contribution is 9.11. The van der Waals surface area contributed by atoms with Gasteiger partial charge in [-0.3, -0.25) is 14.5 Å². The van der Waals surface area contributed by atoms with Gasteiger partial charge in [-0.15, -0.1) is 11.3 Å². The number of piperazine rings is 1. The molecule has 3 rings (SSSR count). The summed E-state index contributed by atoms with van der Waals surface area (Å²) in [5.74, 6) is -0.0908. The van der Waals surface area contributed by atoms with Crippen LogP contribution in [0.3, 0.4) is 0 Å². The van der Waals surface area contributed by atoms with Gasteiger partial charge < -0.3 is 10.2 Å². The highest BCUT2D eigenvalue weighted by Gasteiger charge is 2.25. The van der Waals surface area contributed by atoms with Gasteiger partial charge in [0.25, 0.3) is 0 Å². The molecule has 1 aromatic carbocycles. The Morgan fingerprint density at radius 2 is 1.82 bits per heavy atom. The second-order valence-electron chi connectivity index (χ2n) is 6.87. The fraction of sp³-hybridized carbons (Fsp3) is 0.400. The van der Waals surface area contributed by atoms with Crippen LogP contribution in [0.2, 0.25) is 5.02 Å².